The fourth-order valence-electron chi connectivity index (χ4n) is 7.24. The van der Waals surface area contributed by atoms with Crippen LogP contribution in [0.4, 0.5) is 0 Å². The molecule has 0 aromatic heterocycles. The zero-order valence-corrected chi connectivity index (χ0v) is 24.6. The number of aromatic hydroxyl groups is 1. The highest BCUT2D eigenvalue weighted by Crippen LogP contribution is 2.64. The number of hydrogen-bond donors (Lipinski definition) is 2. The summed E-state index contributed by atoms with van der Waals surface area (Å²) in [4.78, 5) is 63.8. The van der Waals surface area contributed by atoms with Crippen LogP contribution in [0.2, 0.25) is 0 Å². The molecule has 0 bridgehead atoms. The number of phenolic OH excluding ortho intramolecular Hbond substituents is 1. The lowest BCUT2D eigenvalue weighted by atomic mass is 9.56. The molecule has 6 atom stereocenters. The van der Waals surface area contributed by atoms with E-state index in [2.05, 4.69) is 15.9 Å². The van der Waals surface area contributed by atoms with Crippen LogP contribution in [0.15, 0.2) is 41.7 Å². The van der Waals surface area contributed by atoms with Crippen LogP contribution in [0.3, 0.4) is 0 Å². The van der Waals surface area contributed by atoms with Crippen LogP contribution in [0, 0.1) is 23.7 Å². The summed E-state index contributed by atoms with van der Waals surface area (Å²) in [6.45, 7) is -0.0258. The lowest BCUT2D eigenvalue weighted by Gasteiger charge is -2.51. The molecule has 1 aromatic carbocycles. The maximum absolute atomic E-state index is 13.9. The molecule has 10 nitrogen and oxygen atoms in total. The number of likely N-dealkylation sites (tertiary alicyclic amines) is 2. The Morgan fingerprint density at radius 1 is 1.10 bits per heavy atom. The smallest absolute Gasteiger partial charge is 0.303 e. The quantitative estimate of drug-likeness (QED) is 0.204. The topological polar surface area (TPSA) is 142 Å². The van der Waals surface area contributed by atoms with Gasteiger partial charge in [-0.1, -0.05) is 27.6 Å². The zero-order valence-electron chi connectivity index (χ0n) is 21.5. The molecule has 13 heteroatoms. The minimum atomic E-state index is -1.94. The molecule has 4 amide bonds. The molecule has 2 N–H and O–H groups in total. The van der Waals surface area contributed by atoms with Crippen molar-refractivity contribution in [2.24, 2.45) is 23.7 Å². The third-order valence-corrected chi connectivity index (χ3v) is 10.9. The van der Waals surface area contributed by atoms with E-state index >= 15 is 0 Å². The predicted octanol–water partition coefficient (Wildman–Crippen LogP) is 3.32. The number of carbonyl (C=O) groups is 5. The summed E-state index contributed by atoms with van der Waals surface area (Å²) in [5.41, 5.74) is 1.70. The summed E-state index contributed by atoms with van der Waals surface area (Å²) in [6.07, 6.45) is 3.55. The van der Waals surface area contributed by atoms with E-state index in [1.54, 1.807) is 12.1 Å². The Kier molecular flexibility index (Phi) is 6.78. The van der Waals surface area contributed by atoms with Gasteiger partial charge in [0.05, 0.1) is 23.6 Å². The van der Waals surface area contributed by atoms with Gasteiger partial charge in [0.1, 0.15) is 11.5 Å². The number of halogens is 3. The molecule has 1 aromatic rings. The Bertz CT molecular complexity index is 1480. The molecule has 5 aliphatic rings. The first-order chi connectivity index (χ1) is 19.4. The summed E-state index contributed by atoms with van der Waals surface area (Å²) in [6, 6.07) is 4.65. The van der Waals surface area contributed by atoms with E-state index in [0.717, 1.165) is 9.80 Å². The van der Waals surface area contributed by atoms with Gasteiger partial charge in [-0.3, -0.25) is 33.8 Å². The maximum Gasteiger partial charge on any atom is 0.303 e. The number of carboxylic acid groups (broad SMARTS) is 1. The highest BCUT2D eigenvalue weighted by atomic mass is 79.9. The Balaban J connectivity index is 1.44. The molecular weight excluding hydrogens is 643 g/mol. The van der Waals surface area contributed by atoms with Crippen molar-refractivity contribution in [2.45, 2.75) is 41.9 Å². The van der Waals surface area contributed by atoms with Gasteiger partial charge in [-0.15, -0.1) is 23.2 Å². The summed E-state index contributed by atoms with van der Waals surface area (Å²) < 4.78 is 5.87. The first-order valence-electron chi connectivity index (χ1n) is 13.2. The largest absolute Gasteiger partial charge is 0.508 e. The average Bonchev–Trinajstić information content (AvgIpc) is 3.25. The molecule has 3 heterocycles. The lowest BCUT2D eigenvalue weighted by molar-refractivity contribution is -0.142. The monoisotopic (exact) mass is 666 g/mol. The number of benzene rings is 1. The lowest BCUT2D eigenvalue weighted by Crippen LogP contribution is -2.61. The van der Waals surface area contributed by atoms with E-state index in [1.807, 2.05) is 6.08 Å². The van der Waals surface area contributed by atoms with Gasteiger partial charge in [-0.25, -0.2) is 0 Å². The van der Waals surface area contributed by atoms with E-state index in [9.17, 15) is 29.1 Å². The summed E-state index contributed by atoms with van der Waals surface area (Å²) in [7, 11) is 0. The highest BCUT2D eigenvalue weighted by molar-refractivity contribution is 9.09. The number of phenols is 1. The minimum absolute atomic E-state index is 0.0257. The molecule has 2 saturated heterocycles. The van der Waals surface area contributed by atoms with Crippen LogP contribution in [0.25, 0.3) is 0 Å². The molecule has 0 radical (unpaired) electrons. The SMILES string of the molecule is O=C(O)CCCN1C(=O)C2CC=C3C(CC4(Cl)C(=O)N(CBr)C(=O)C4(Cl)C3C3=COc4ccc(O)cc4C3)C2C1=O. The number of alkyl halides is 3. The number of hydrogen-bond acceptors (Lipinski definition) is 7. The molecule has 0 spiro atoms. The van der Waals surface area contributed by atoms with E-state index < -0.39 is 57.1 Å². The maximum atomic E-state index is 13.9. The summed E-state index contributed by atoms with van der Waals surface area (Å²) in [5, 5.41) is 19.1. The van der Waals surface area contributed by atoms with Crippen molar-refractivity contribution < 1.29 is 38.9 Å². The third-order valence-electron chi connectivity index (χ3n) is 9.03. The van der Waals surface area contributed by atoms with Gasteiger partial charge in [0, 0.05) is 30.9 Å². The highest BCUT2D eigenvalue weighted by Gasteiger charge is 2.76. The molecule has 3 aliphatic heterocycles. The van der Waals surface area contributed by atoms with Gasteiger partial charge in [-0.2, -0.15) is 0 Å². The molecule has 3 fully saturated rings. The van der Waals surface area contributed by atoms with Crippen molar-refractivity contribution in [3.8, 4) is 11.5 Å². The van der Waals surface area contributed by atoms with Gasteiger partial charge >= 0.3 is 5.97 Å². The number of ether oxygens (including phenoxy) is 1. The second kappa shape index (κ2) is 9.84. The first kappa shape index (κ1) is 28.2. The van der Waals surface area contributed by atoms with Crippen LogP contribution in [0.5, 0.6) is 11.5 Å². The van der Waals surface area contributed by atoms with Crippen molar-refractivity contribution in [1.82, 2.24) is 9.80 Å². The fourth-order valence-corrected chi connectivity index (χ4v) is 8.68. The average molecular weight is 668 g/mol. The van der Waals surface area contributed by atoms with Gasteiger partial charge in [-0.05, 0) is 49.0 Å². The molecule has 6 rings (SSSR count). The number of nitrogens with zero attached hydrogens (tertiary/aromatic N) is 2. The van der Waals surface area contributed by atoms with Gasteiger partial charge in [0.15, 0.2) is 9.75 Å². The van der Waals surface area contributed by atoms with Crippen LogP contribution < -0.4 is 4.74 Å². The molecule has 1 saturated carbocycles. The van der Waals surface area contributed by atoms with Gasteiger partial charge in [0.25, 0.3) is 11.8 Å². The van der Waals surface area contributed by atoms with Crippen LogP contribution >= 0.6 is 39.1 Å². The standard InChI is InChI=1S/C28H25BrCl2N2O8/c29-12-33-25(39)27(30)10-18-16(4-5-17-21(18)24(38)32(23(17)37)7-1-2-20(35)36)22(28(27,31)26(33)40)14-8-13-9-15(34)3-6-19(13)41-11-14/h3-4,6,9,11,17-18,21-22,34H,1-2,5,7-8,10,12H2,(H,35,36). The summed E-state index contributed by atoms with van der Waals surface area (Å²) >= 11 is 17.6. The number of carboxylic acids is 1. The van der Waals surface area contributed by atoms with Crippen LogP contribution in [-0.4, -0.2) is 71.4 Å². The van der Waals surface area contributed by atoms with E-state index in [1.165, 1.54) is 12.3 Å². The van der Waals surface area contributed by atoms with Crippen molar-refractivity contribution in [3.05, 3.63) is 47.2 Å². The number of allylic oxidation sites excluding steroid dienone is 3. The number of rotatable bonds is 6. The number of carbonyl (C=O) groups excluding carboxylic acids is 4. The first-order valence-corrected chi connectivity index (χ1v) is 15.1. The second-order valence-corrected chi connectivity index (χ2v) is 12.8. The predicted molar refractivity (Wildman–Crippen MR) is 148 cm³/mol. The van der Waals surface area contributed by atoms with Crippen molar-refractivity contribution in [2.75, 3.05) is 12.0 Å². The molecule has 216 valence electrons. The Hall–Kier alpha value is -2.89. The Morgan fingerprint density at radius 3 is 2.56 bits per heavy atom. The second-order valence-electron chi connectivity index (χ2n) is 11.1. The Labute approximate surface area is 253 Å². The molecule has 6 unspecified atom stereocenters. The molecular formula is C28H25BrCl2N2O8. The van der Waals surface area contributed by atoms with E-state index in [0.29, 0.717) is 22.5 Å². The van der Waals surface area contributed by atoms with Crippen LogP contribution in [-0.2, 0) is 30.4 Å². The van der Waals surface area contributed by atoms with E-state index in [4.69, 9.17) is 33.0 Å². The number of fused-ring (bicyclic) bond motifs is 5. The van der Waals surface area contributed by atoms with Crippen LogP contribution in [0.1, 0.15) is 31.2 Å². The minimum Gasteiger partial charge on any atom is -0.508 e. The molecule has 2 aliphatic carbocycles. The number of imide groups is 2. The van der Waals surface area contributed by atoms with Gasteiger partial charge in [0.2, 0.25) is 11.8 Å². The zero-order chi connectivity index (χ0) is 29.4. The fraction of sp³-hybridized carbons (Fsp3) is 0.464. The number of aliphatic carboxylic acids is 1. The van der Waals surface area contributed by atoms with E-state index in [-0.39, 0.29) is 55.8 Å². The summed E-state index contributed by atoms with van der Waals surface area (Å²) in [5.74, 6) is -5.83. The molecule has 41 heavy (non-hydrogen) atoms. The van der Waals surface area contributed by atoms with Crippen molar-refractivity contribution in [1.29, 1.82) is 0 Å². The van der Waals surface area contributed by atoms with Gasteiger partial charge < -0.3 is 14.9 Å². The Morgan fingerprint density at radius 2 is 1.85 bits per heavy atom. The number of amides is 4. The normalized spacial score (nSPS) is 33.9. The van der Waals surface area contributed by atoms with Crippen molar-refractivity contribution >= 4 is 68.7 Å². The third kappa shape index (κ3) is 3.91. The van der Waals surface area contributed by atoms with Crippen molar-refractivity contribution in [3.63, 3.8) is 0 Å².